The Morgan fingerprint density at radius 3 is 3.00 bits per heavy atom. The summed E-state index contributed by atoms with van der Waals surface area (Å²) in [4.78, 5) is 12.0. The molecular weight excluding hydrogens is 309 g/mol. The molecule has 2 aromatic rings. The normalized spacial score (nSPS) is 13.2. The van der Waals surface area contributed by atoms with Crippen molar-refractivity contribution in [1.29, 1.82) is 0 Å². The first-order valence-electron chi connectivity index (χ1n) is 6.69. The Kier molecular flexibility index (Phi) is 4.27. The standard InChI is InChI=1S/C16H13ClFNO3/c17-13-4-11(15-12(5-13)8-21-9-22-15)7-19-16(20)10-2-1-3-14(18)6-10/h1-6H,7-9H2,(H,19,20). The van der Waals surface area contributed by atoms with E-state index in [1.165, 1.54) is 18.2 Å². The Bertz CT molecular complexity index is 721. The maximum absolute atomic E-state index is 13.1. The summed E-state index contributed by atoms with van der Waals surface area (Å²) in [6.45, 7) is 0.818. The predicted molar refractivity (Wildman–Crippen MR) is 79.3 cm³/mol. The zero-order valence-electron chi connectivity index (χ0n) is 11.6. The van der Waals surface area contributed by atoms with Gasteiger partial charge in [0.15, 0.2) is 6.79 Å². The Balaban J connectivity index is 1.76. The van der Waals surface area contributed by atoms with Crippen LogP contribution in [0.3, 0.4) is 0 Å². The summed E-state index contributed by atoms with van der Waals surface area (Å²) in [5.74, 6) is -0.135. The van der Waals surface area contributed by atoms with Crippen LogP contribution in [0.5, 0.6) is 5.75 Å². The van der Waals surface area contributed by atoms with Crippen molar-refractivity contribution in [3.05, 3.63) is 63.9 Å². The van der Waals surface area contributed by atoms with Crippen LogP contribution in [0.4, 0.5) is 4.39 Å². The molecular formula is C16H13ClFNO3. The van der Waals surface area contributed by atoms with Crippen molar-refractivity contribution in [1.82, 2.24) is 5.32 Å². The average Bonchev–Trinajstić information content (AvgIpc) is 2.52. The van der Waals surface area contributed by atoms with E-state index in [4.69, 9.17) is 21.1 Å². The maximum Gasteiger partial charge on any atom is 0.251 e. The summed E-state index contributed by atoms with van der Waals surface area (Å²) >= 11 is 6.06. The van der Waals surface area contributed by atoms with Crippen molar-refractivity contribution in [2.75, 3.05) is 6.79 Å². The summed E-state index contributed by atoms with van der Waals surface area (Å²) in [6, 6.07) is 9.03. The Morgan fingerprint density at radius 2 is 2.18 bits per heavy atom. The number of amides is 1. The molecule has 1 heterocycles. The number of nitrogens with one attached hydrogen (secondary N) is 1. The van der Waals surface area contributed by atoms with Crippen LogP contribution in [0.15, 0.2) is 36.4 Å². The lowest BCUT2D eigenvalue weighted by Crippen LogP contribution is -2.24. The minimum Gasteiger partial charge on any atom is -0.467 e. The maximum atomic E-state index is 13.1. The molecule has 1 amide bonds. The molecule has 2 aromatic carbocycles. The van der Waals surface area contributed by atoms with Gasteiger partial charge in [-0.05, 0) is 30.3 Å². The molecule has 0 spiro atoms. The van der Waals surface area contributed by atoms with Gasteiger partial charge in [0.2, 0.25) is 0 Å². The van der Waals surface area contributed by atoms with E-state index in [9.17, 15) is 9.18 Å². The first-order chi connectivity index (χ1) is 10.6. The van der Waals surface area contributed by atoms with Crippen LogP contribution < -0.4 is 10.1 Å². The van der Waals surface area contributed by atoms with Crippen molar-refractivity contribution < 1.29 is 18.7 Å². The number of halogens is 2. The molecule has 114 valence electrons. The summed E-state index contributed by atoms with van der Waals surface area (Å²) in [6.07, 6.45) is 0. The molecule has 1 N–H and O–H groups in total. The van der Waals surface area contributed by atoms with E-state index in [2.05, 4.69) is 5.32 Å². The SMILES string of the molecule is O=C(NCc1cc(Cl)cc2c1OCOC2)c1cccc(F)c1. The zero-order valence-corrected chi connectivity index (χ0v) is 12.3. The molecule has 0 bridgehead atoms. The van der Waals surface area contributed by atoms with Crippen molar-refractivity contribution in [2.45, 2.75) is 13.2 Å². The second kappa shape index (κ2) is 6.34. The number of fused-ring (bicyclic) bond motifs is 1. The highest BCUT2D eigenvalue weighted by atomic mass is 35.5. The van der Waals surface area contributed by atoms with Gasteiger partial charge in [-0.15, -0.1) is 0 Å². The zero-order chi connectivity index (χ0) is 15.5. The van der Waals surface area contributed by atoms with Gasteiger partial charge < -0.3 is 14.8 Å². The lowest BCUT2D eigenvalue weighted by Gasteiger charge is -2.21. The van der Waals surface area contributed by atoms with Gasteiger partial charge in [0.1, 0.15) is 11.6 Å². The number of benzene rings is 2. The summed E-state index contributed by atoms with van der Waals surface area (Å²) in [5.41, 5.74) is 1.87. The smallest absolute Gasteiger partial charge is 0.251 e. The lowest BCUT2D eigenvalue weighted by atomic mass is 10.1. The van der Waals surface area contributed by atoms with E-state index in [0.29, 0.717) is 17.4 Å². The fourth-order valence-electron chi connectivity index (χ4n) is 2.30. The highest BCUT2D eigenvalue weighted by Crippen LogP contribution is 2.31. The molecule has 6 heteroatoms. The molecule has 1 aliphatic heterocycles. The first-order valence-corrected chi connectivity index (χ1v) is 7.07. The summed E-state index contributed by atoms with van der Waals surface area (Å²) < 4.78 is 23.8. The number of carbonyl (C=O) groups excluding carboxylic acids is 1. The number of hydrogen-bond acceptors (Lipinski definition) is 3. The monoisotopic (exact) mass is 321 g/mol. The van der Waals surface area contributed by atoms with Crippen LogP contribution in [0, 0.1) is 5.82 Å². The van der Waals surface area contributed by atoms with Gasteiger partial charge in [0, 0.05) is 28.3 Å². The van der Waals surface area contributed by atoms with Crippen molar-refractivity contribution >= 4 is 17.5 Å². The van der Waals surface area contributed by atoms with Gasteiger partial charge >= 0.3 is 0 Å². The van der Waals surface area contributed by atoms with Crippen molar-refractivity contribution in [2.24, 2.45) is 0 Å². The lowest BCUT2D eigenvalue weighted by molar-refractivity contribution is -0.0170. The van der Waals surface area contributed by atoms with Gasteiger partial charge in [0.25, 0.3) is 5.91 Å². The molecule has 0 saturated carbocycles. The highest BCUT2D eigenvalue weighted by molar-refractivity contribution is 6.30. The molecule has 0 unspecified atom stereocenters. The molecule has 0 saturated heterocycles. The molecule has 0 fully saturated rings. The number of rotatable bonds is 3. The fraction of sp³-hybridized carbons (Fsp3) is 0.188. The average molecular weight is 322 g/mol. The van der Waals surface area contributed by atoms with Crippen molar-refractivity contribution in [3.8, 4) is 5.75 Å². The van der Waals surface area contributed by atoms with Gasteiger partial charge in [0.05, 0.1) is 6.61 Å². The molecule has 4 nitrogen and oxygen atoms in total. The topological polar surface area (TPSA) is 47.6 Å². The van der Waals surface area contributed by atoms with E-state index in [1.54, 1.807) is 18.2 Å². The van der Waals surface area contributed by atoms with Crippen LogP contribution in [-0.4, -0.2) is 12.7 Å². The minimum atomic E-state index is -0.451. The molecule has 0 radical (unpaired) electrons. The van der Waals surface area contributed by atoms with Gasteiger partial charge in [-0.3, -0.25) is 4.79 Å². The van der Waals surface area contributed by atoms with E-state index >= 15 is 0 Å². The number of hydrogen-bond donors (Lipinski definition) is 1. The largest absolute Gasteiger partial charge is 0.467 e. The van der Waals surface area contributed by atoms with Gasteiger partial charge in [-0.25, -0.2) is 4.39 Å². The minimum absolute atomic E-state index is 0.166. The Labute approximate surface area is 131 Å². The highest BCUT2D eigenvalue weighted by Gasteiger charge is 2.17. The van der Waals surface area contributed by atoms with Crippen LogP contribution in [0.1, 0.15) is 21.5 Å². The third-order valence-corrected chi connectivity index (χ3v) is 3.50. The third-order valence-electron chi connectivity index (χ3n) is 3.28. The molecule has 0 atom stereocenters. The van der Waals surface area contributed by atoms with Gasteiger partial charge in [-0.2, -0.15) is 0 Å². The Morgan fingerprint density at radius 1 is 1.32 bits per heavy atom. The van der Waals surface area contributed by atoms with E-state index in [1.807, 2.05) is 0 Å². The molecule has 1 aliphatic rings. The van der Waals surface area contributed by atoms with Crippen LogP contribution >= 0.6 is 11.6 Å². The third kappa shape index (κ3) is 3.21. The second-order valence-corrected chi connectivity index (χ2v) is 5.29. The first kappa shape index (κ1) is 14.8. The molecule has 3 rings (SSSR count). The second-order valence-electron chi connectivity index (χ2n) is 4.86. The molecule has 0 aromatic heterocycles. The predicted octanol–water partition coefficient (Wildman–Crippen LogP) is 3.28. The number of ether oxygens (including phenoxy) is 2. The van der Waals surface area contributed by atoms with Crippen LogP contribution in [0.2, 0.25) is 5.02 Å². The Hall–Kier alpha value is -2.11. The fourth-order valence-corrected chi connectivity index (χ4v) is 2.56. The van der Waals surface area contributed by atoms with E-state index in [0.717, 1.165) is 11.1 Å². The van der Waals surface area contributed by atoms with E-state index < -0.39 is 5.82 Å². The van der Waals surface area contributed by atoms with Gasteiger partial charge in [-0.1, -0.05) is 17.7 Å². The van der Waals surface area contributed by atoms with Crippen molar-refractivity contribution in [3.63, 3.8) is 0 Å². The molecule has 22 heavy (non-hydrogen) atoms. The summed E-state index contributed by atoms with van der Waals surface area (Å²) in [7, 11) is 0. The summed E-state index contributed by atoms with van der Waals surface area (Å²) in [5, 5.41) is 3.28. The molecule has 0 aliphatic carbocycles. The number of carbonyl (C=O) groups is 1. The van der Waals surface area contributed by atoms with Crippen LogP contribution in [-0.2, 0) is 17.9 Å². The van der Waals surface area contributed by atoms with E-state index in [-0.39, 0.29) is 24.8 Å². The quantitative estimate of drug-likeness (QED) is 0.943. The van der Waals surface area contributed by atoms with Crippen LogP contribution in [0.25, 0.3) is 0 Å².